The SMILES string of the molecule is Cc1nc2ccc(Br)cc2c(=O)n1N=Cc1ccccc1Sc1ccccc1. The molecule has 0 aliphatic heterocycles. The molecule has 0 spiro atoms. The van der Waals surface area contributed by atoms with Gasteiger partial charge in [-0.1, -0.05) is 64.1 Å². The second kappa shape index (κ2) is 8.12. The Labute approximate surface area is 175 Å². The van der Waals surface area contributed by atoms with E-state index in [1.54, 1.807) is 31.0 Å². The number of halogens is 1. The second-order valence-electron chi connectivity index (χ2n) is 6.13. The maximum absolute atomic E-state index is 12.9. The first-order chi connectivity index (χ1) is 13.6. The van der Waals surface area contributed by atoms with Crippen LogP contribution in [0.4, 0.5) is 0 Å². The van der Waals surface area contributed by atoms with Gasteiger partial charge in [-0.2, -0.15) is 9.78 Å². The Morgan fingerprint density at radius 2 is 1.79 bits per heavy atom. The van der Waals surface area contributed by atoms with Gasteiger partial charge in [-0.05, 0) is 43.3 Å². The predicted molar refractivity (Wildman–Crippen MR) is 118 cm³/mol. The molecule has 1 aromatic heterocycles. The van der Waals surface area contributed by atoms with Crippen LogP contribution >= 0.6 is 27.7 Å². The molecule has 6 heteroatoms. The number of aryl methyl sites for hydroxylation is 1. The zero-order valence-electron chi connectivity index (χ0n) is 15.0. The fourth-order valence-electron chi connectivity index (χ4n) is 2.81. The van der Waals surface area contributed by atoms with Gasteiger partial charge in [-0.25, -0.2) is 4.98 Å². The summed E-state index contributed by atoms with van der Waals surface area (Å²) in [5.74, 6) is 0.546. The molecule has 3 aromatic carbocycles. The van der Waals surface area contributed by atoms with Crippen LogP contribution in [0.25, 0.3) is 10.9 Å². The Hall–Kier alpha value is -2.70. The Morgan fingerprint density at radius 1 is 1.04 bits per heavy atom. The van der Waals surface area contributed by atoms with Crippen molar-refractivity contribution in [2.75, 3.05) is 0 Å². The van der Waals surface area contributed by atoms with Crippen LogP contribution in [0, 0.1) is 6.92 Å². The number of benzene rings is 3. The van der Waals surface area contributed by atoms with E-state index >= 15 is 0 Å². The first-order valence-electron chi connectivity index (χ1n) is 8.67. The molecular weight excluding hydrogens is 434 g/mol. The minimum atomic E-state index is -0.187. The van der Waals surface area contributed by atoms with Crippen LogP contribution in [0.2, 0.25) is 0 Å². The van der Waals surface area contributed by atoms with E-state index in [1.807, 2.05) is 54.6 Å². The highest BCUT2D eigenvalue weighted by Gasteiger charge is 2.08. The Morgan fingerprint density at radius 3 is 2.61 bits per heavy atom. The van der Waals surface area contributed by atoms with E-state index in [-0.39, 0.29) is 5.56 Å². The van der Waals surface area contributed by atoms with Gasteiger partial charge in [0.25, 0.3) is 5.56 Å². The topological polar surface area (TPSA) is 47.2 Å². The molecule has 0 fully saturated rings. The minimum absolute atomic E-state index is 0.187. The third-order valence-corrected chi connectivity index (χ3v) is 5.77. The van der Waals surface area contributed by atoms with Crippen LogP contribution in [0.5, 0.6) is 0 Å². The smallest absolute Gasteiger partial charge is 0.267 e. The van der Waals surface area contributed by atoms with E-state index in [1.165, 1.54) is 4.68 Å². The zero-order chi connectivity index (χ0) is 19.5. The van der Waals surface area contributed by atoms with Gasteiger partial charge < -0.3 is 0 Å². The molecule has 0 unspecified atom stereocenters. The molecule has 4 aromatic rings. The molecule has 0 saturated heterocycles. The van der Waals surface area contributed by atoms with Gasteiger partial charge in [0.2, 0.25) is 0 Å². The summed E-state index contributed by atoms with van der Waals surface area (Å²) in [6.07, 6.45) is 1.71. The first kappa shape index (κ1) is 18.7. The number of fused-ring (bicyclic) bond motifs is 1. The summed E-state index contributed by atoms with van der Waals surface area (Å²) >= 11 is 5.07. The quantitative estimate of drug-likeness (QED) is 0.386. The van der Waals surface area contributed by atoms with Gasteiger partial charge in [0, 0.05) is 19.8 Å². The van der Waals surface area contributed by atoms with E-state index in [0.29, 0.717) is 16.7 Å². The highest BCUT2D eigenvalue weighted by atomic mass is 79.9. The van der Waals surface area contributed by atoms with Crippen LogP contribution in [-0.2, 0) is 0 Å². The molecule has 4 rings (SSSR count). The molecule has 0 aliphatic carbocycles. The van der Waals surface area contributed by atoms with Crippen molar-refractivity contribution in [3.8, 4) is 0 Å². The molecule has 4 nitrogen and oxygen atoms in total. The Bertz CT molecular complexity index is 1240. The summed E-state index contributed by atoms with van der Waals surface area (Å²) in [4.78, 5) is 19.6. The third kappa shape index (κ3) is 3.93. The van der Waals surface area contributed by atoms with Crippen molar-refractivity contribution < 1.29 is 0 Å². The molecule has 0 N–H and O–H groups in total. The third-order valence-electron chi connectivity index (χ3n) is 4.17. The molecule has 0 saturated carbocycles. The number of rotatable bonds is 4. The zero-order valence-corrected chi connectivity index (χ0v) is 17.4. The van der Waals surface area contributed by atoms with Crippen molar-refractivity contribution in [3.05, 3.63) is 99.0 Å². The van der Waals surface area contributed by atoms with Crippen LogP contribution in [0.1, 0.15) is 11.4 Å². The normalized spacial score (nSPS) is 11.4. The van der Waals surface area contributed by atoms with Crippen LogP contribution in [-0.4, -0.2) is 15.9 Å². The number of nitrogens with zero attached hydrogens (tertiary/aromatic N) is 3. The van der Waals surface area contributed by atoms with E-state index in [2.05, 4.69) is 38.1 Å². The Balaban J connectivity index is 1.73. The number of hydrogen-bond donors (Lipinski definition) is 0. The fraction of sp³-hybridized carbons (Fsp3) is 0.0455. The highest BCUT2D eigenvalue weighted by molar-refractivity contribution is 9.10. The lowest BCUT2D eigenvalue weighted by molar-refractivity contribution is 0.770. The van der Waals surface area contributed by atoms with Gasteiger partial charge in [0.05, 0.1) is 17.1 Å². The minimum Gasteiger partial charge on any atom is -0.267 e. The summed E-state index contributed by atoms with van der Waals surface area (Å²) in [5.41, 5.74) is 1.42. The second-order valence-corrected chi connectivity index (χ2v) is 8.17. The molecule has 0 radical (unpaired) electrons. The average Bonchev–Trinajstić information content (AvgIpc) is 2.70. The highest BCUT2D eigenvalue weighted by Crippen LogP contribution is 2.29. The maximum Gasteiger partial charge on any atom is 0.282 e. The van der Waals surface area contributed by atoms with Crippen LogP contribution in [0.15, 0.2) is 97.0 Å². The molecule has 0 atom stereocenters. The van der Waals surface area contributed by atoms with Crippen molar-refractivity contribution in [3.63, 3.8) is 0 Å². The molecular formula is C22H16BrN3OS. The van der Waals surface area contributed by atoms with Gasteiger partial charge in [0.15, 0.2) is 0 Å². The van der Waals surface area contributed by atoms with Gasteiger partial charge >= 0.3 is 0 Å². The largest absolute Gasteiger partial charge is 0.282 e. The van der Waals surface area contributed by atoms with Crippen LogP contribution < -0.4 is 5.56 Å². The molecule has 138 valence electrons. The fourth-order valence-corrected chi connectivity index (χ4v) is 4.10. The maximum atomic E-state index is 12.9. The van der Waals surface area contributed by atoms with E-state index in [4.69, 9.17) is 0 Å². The number of hydrogen-bond acceptors (Lipinski definition) is 4. The summed E-state index contributed by atoms with van der Waals surface area (Å²) in [6.45, 7) is 1.78. The van der Waals surface area contributed by atoms with Crippen molar-refractivity contribution in [2.45, 2.75) is 16.7 Å². The Kier molecular flexibility index (Phi) is 5.41. The van der Waals surface area contributed by atoms with Crippen LogP contribution in [0.3, 0.4) is 0 Å². The molecule has 0 aliphatic rings. The van der Waals surface area contributed by atoms with E-state index in [0.717, 1.165) is 19.8 Å². The summed E-state index contributed by atoms with van der Waals surface area (Å²) in [5, 5.41) is 4.98. The lowest BCUT2D eigenvalue weighted by atomic mass is 10.2. The first-order valence-corrected chi connectivity index (χ1v) is 10.3. The summed E-state index contributed by atoms with van der Waals surface area (Å²) < 4.78 is 2.18. The van der Waals surface area contributed by atoms with Gasteiger partial charge in [-0.15, -0.1) is 0 Å². The van der Waals surface area contributed by atoms with Crippen molar-refractivity contribution in [1.29, 1.82) is 0 Å². The molecule has 1 heterocycles. The van der Waals surface area contributed by atoms with E-state index in [9.17, 15) is 4.79 Å². The summed E-state index contributed by atoms with van der Waals surface area (Å²) in [6, 6.07) is 23.6. The van der Waals surface area contributed by atoms with Crippen molar-refractivity contribution >= 4 is 44.8 Å². The van der Waals surface area contributed by atoms with Gasteiger partial charge in [0.1, 0.15) is 5.82 Å². The molecule has 0 bridgehead atoms. The lowest BCUT2D eigenvalue weighted by Gasteiger charge is -2.07. The standard InChI is InChI=1S/C22H16BrN3OS/c1-15-25-20-12-11-17(23)13-19(20)22(27)26(15)24-14-16-7-5-6-10-21(16)28-18-8-3-2-4-9-18/h2-14H,1H3. The van der Waals surface area contributed by atoms with Gasteiger partial charge in [-0.3, -0.25) is 4.79 Å². The monoisotopic (exact) mass is 449 g/mol. The van der Waals surface area contributed by atoms with Crippen molar-refractivity contribution in [2.24, 2.45) is 5.10 Å². The summed E-state index contributed by atoms with van der Waals surface area (Å²) in [7, 11) is 0. The van der Waals surface area contributed by atoms with E-state index < -0.39 is 0 Å². The predicted octanol–water partition coefficient (Wildman–Crippen LogP) is 5.50. The molecule has 28 heavy (non-hydrogen) atoms. The lowest BCUT2D eigenvalue weighted by Crippen LogP contribution is -2.20. The molecule has 0 amide bonds. The average molecular weight is 450 g/mol. The number of aromatic nitrogens is 2. The van der Waals surface area contributed by atoms with Crippen molar-refractivity contribution in [1.82, 2.24) is 9.66 Å².